The lowest BCUT2D eigenvalue weighted by Gasteiger charge is -2.17. The molecule has 0 aliphatic heterocycles. The highest BCUT2D eigenvalue weighted by molar-refractivity contribution is 7.99. The number of aromatic amines is 1. The highest BCUT2D eigenvalue weighted by atomic mass is 32.2. The predicted molar refractivity (Wildman–Crippen MR) is 126 cm³/mol. The molecule has 6 nitrogen and oxygen atoms in total. The first-order valence-corrected chi connectivity index (χ1v) is 12.4. The Morgan fingerprint density at radius 3 is 2.45 bits per heavy atom. The van der Waals surface area contributed by atoms with Crippen LogP contribution in [-0.2, 0) is 0 Å². The van der Waals surface area contributed by atoms with Crippen molar-refractivity contribution >= 4 is 44.9 Å². The molecule has 4 rings (SSSR count). The maximum atomic E-state index is 13.4. The second-order valence-corrected chi connectivity index (χ2v) is 10.5. The zero-order valence-electron chi connectivity index (χ0n) is 18.5. The van der Waals surface area contributed by atoms with Crippen molar-refractivity contribution in [1.82, 2.24) is 14.5 Å². The predicted octanol–water partition coefficient (Wildman–Crippen LogP) is 5.31. The van der Waals surface area contributed by atoms with Gasteiger partial charge in [0.25, 0.3) is 5.56 Å². The number of rotatable bonds is 6. The van der Waals surface area contributed by atoms with Gasteiger partial charge in [0.2, 0.25) is 0 Å². The lowest BCUT2D eigenvalue weighted by atomic mass is 10.1. The van der Waals surface area contributed by atoms with Gasteiger partial charge in [0.15, 0.2) is 16.7 Å². The van der Waals surface area contributed by atoms with Gasteiger partial charge < -0.3 is 4.98 Å². The largest absolute Gasteiger partial charge is 0.355 e. The van der Waals surface area contributed by atoms with Crippen molar-refractivity contribution in [1.29, 1.82) is 0 Å². The fourth-order valence-electron chi connectivity index (χ4n) is 4.63. The minimum Gasteiger partial charge on any atom is -0.355 e. The molecule has 0 atom stereocenters. The van der Waals surface area contributed by atoms with E-state index in [0.29, 0.717) is 33.1 Å². The van der Waals surface area contributed by atoms with Gasteiger partial charge in [-0.1, -0.05) is 24.6 Å². The molecule has 1 saturated carbocycles. The van der Waals surface area contributed by atoms with Crippen molar-refractivity contribution < 1.29 is 9.59 Å². The molecule has 0 saturated heterocycles. The summed E-state index contributed by atoms with van der Waals surface area (Å²) in [7, 11) is 0. The number of nitrogens with one attached hydrogen (secondary N) is 1. The summed E-state index contributed by atoms with van der Waals surface area (Å²) >= 11 is 2.85. The Morgan fingerprint density at radius 1 is 1.16 bits per heavy atom. The number of fused-ring (bicyclic) bond motifs is 1. The number of aromatic nitrogens is 3. The first-order valence-electron chi connectivity index (χ1n) is 10.6. The molecule has 0 bridgehead atoms. The molecule has 0 radical (unpaired) electrons. The number of thiophene rings is 1. The minimum absolute atomic E-state index is 0.0134. The Balaban J connectivity index is 1.71. The van der Waals surface area contributed by atoms with Gasteiger partial charge >= 0.3 is 0 Å². The van der Waals surface area contributed by atoms with Gasteiger partial charge in [0.1, 0.15) is 4.83 Å². The number of hydrogen-bond donors (Lipinski definition) is 1. The number of nitrogens with zero attached hydrogens (tertiary/aromatic N) is 2. The molecule has 0 aromatic carbocycles. The van der Waals surface area contributed by atoms with Gasteiger partial charge in [-0.15, -0.1) is 11.3 Å². The second-order valence-electron chi connectivity index (χ2n) is 8.36. The number of aryl methyl sites for hydroxylation is 3. The Hall–Kier alpha value is -2.19. The van der Waals surface area contributed by atoms with E-state index < -0.39 is 0 Å². The molecule has 8 heteroatoms. The first-order chi connectivity index (χ1) is 14.7. The van der Waals surface area contributed by atoms with E-state index in [1.54, 1.807) is 6.92 Å². The third-order valence-corrected chi connectivity index (χ3v) is 8.35. The van der Waals surface area contributed by atoms with Crippen LogP contribution in [0.2, 0.25) is 0 Å². The van der Waals surface area contributed by atoms with Crippen LogP contribution < -0.4 is 5.56 Å². The summed E-state index contributed by atoms with van der Waals surface area (Å²) in [5.41, 5.74) is 3.47. The quantitative estimate of drug-likeness (QED) is 0.308. The van der Waals surface area contributed by atoms with E-state index in [0.717, 1.165) is 41.0 Å². The van der Waals surface area contributed by atoms with Gasteiger partial charge in [0.05, 0.1) is 16.8 Å². The number of H-pyrrole nitrogens is 1. The molecular formula is C23H27N3O3S2. The molecular weight excluding hydrogens is 430 g/mol. The standard InChI is InChI=1S/C23H27N3O3S2/c1-11-15(5)31-21-19(11)22(29)26(16-8-6-7-9-16)23(25-21)30-10-17(28)20-12(2)18(14(4)27)13(3)24-20/h16,24H,6-10H2,1-5H3. The van der Waals surface area contributed by atoms with E-state index in [4.69, 9.17) is 4.98 Å². The fourth-order valence-corrected chi connectivity index (χ4v) is 6.64. The van der Waals surface area contributed by atoms with E-state index in [9.17, 15) is 14.4 Å². The van der Waals surface area contributed by atoms with Crippen LogP contribution in [0.5, 0.6) is 0 Å². The molecule has 1 fully saturated rings. The third kappa shape index (κ3) is 3.80. The van der Waals surface area contributed by atoms with Crippen LogP contribution >= 0.6 is 23.1 Å². The molecule has 3 aromatic rings. The monoisotopic (exact) mass is 457 g/mol. The van der Waals surface area contributed by atoms with Gasteiger partial charge in [-0.3, -0.25) is 19.0 Å². The summed E-state index contributed by atoms with van der Waals surface area (Å²) in [5.74, 6) is 0.0131. The molecule has 31 heavy (non-hydrogen) atoms. The highest BCUT2D eigenvalue weighted by Gasteiger charge is 2.26. The SMILES string of the molecule is CC(=O)c1c(C)[nH]c(C(=O)CSc2nc3sc(C)c(C)c3c(=O)n2C2CCCC2)c1C. The molecule has 0 amide bonds. The maximum Gasteiger partial charge on any atom is 0.263 e. The minimum atomic E-state index is -0.0936. The van der Waals surface area contributed by atoms with Gasteiger partial charge in [-0.25, -0.2) is 4.98 Å². The van der Waals surface area contributed by atoms with Crippen LogP contribution in [0.25, 0.3) is 10.2 Å². The summed E-state index contributed by atoms with van der Waals surface area (Å²) in [5, 5.41) is 1.33. The molecule has 0 unspecified atom stereocenters. The Kier molecular flexibility index (Phi) is 5.96. The molecule has 1 aliphatic rings. The summed E-state index contributed by atoms with van der Waals surface area (Å²) in [6.07, 6.45) is 4.14. The third-order valence-electron chi connectivity index (χ3n) is 6.29. The number of ketones is 2. The Morgan fingerprint density at radius 2 is 1.84 bits per heavy atom. The lowest BCUT2D eigenvalue weighted by Crippen LogP contribution is -2.26. The molecule has 1 N–H and O–H groups in total. The number of thioether (sulfide) groups is 1. The van der Waals surface area contributed by atoms with Crippen molar-refractivity contribution in [3.8, 4) is 0 Å². The number of carbonyl (C=O) groups excluding carboxylic acids is 2. The van der Waals surface area contributed by atoms with Crippen LogP contribution in [0.1, 0.15) is 81.2 Å². The normalized spacial score (nSPS) is 14.6. The molecule has 3 heterocycles. The molecule has 0 spiro atoms. The number of hydrogen-bond acceptors (Lipinski definition) is 6. The summed E-state index contributed by atoms with van der Waals surface area (Å²) in [6, 6.07) is 0.139. The molecule has 1 aliphatic carbocycles. The van der Waals surface area contributed by atoms with Crippen LogP contribution in [0.4, 0.5) is 0 Å². The average molecular weight is 458 g/mol. The van der Waals surface area contributed by atoms with Crippen LogP contribution in [0.15, 0.2) is 9.95 Å². The summed E-state index contributed by atoms with van der Waals surface area (Å²) < 4.78 is 1.83. The van der Waals surface area contributed by atoms with Crippen molar-refractivity contribution in [2.45, 2.75) is 71.5 Å². The van der Waals surface area contributed by atoms with Gasteiger partial charge in [-0.2, -0.15) is 0 Å². The maximum absolute atomic E-state index is 13.4. The number of carbonyl (C=O) groups is 2. The van der Waals surface area contributed by atoms with Crippen molar-refractivity contribution in [2.75, 3.05) is 5.75 Å². The molecule has 3 aromatic heterocycles. The van der Waals surface area contributed by atoms with Gasteiger partial charge in [-0.05, 0) is 58.6 Å². The fraction of sp³-hybridized carbons (Fsp3) is 0.478. The lowest BCUT2D eigenvalue weighted by molar-refractivity contribution is 0.101. The number of Topliss-reactive ketones (excluding diaryl/α,β-unsaturated/α-hetero) is 2. The van der Waals surface area contributed by atoms with E-state index in [-0.39, 0.29) is 28.9 Å². The van der Waals surface area contributed by atoms with E-state index in [1.165, 1.54) is 30.0 Å². The van der Waals surface area contributed by atoms with Crippen LogP contribution in [0, 0.1) is 27.7 Å². The van der Waals surface area contributed by atoms with E-state index in [1.807, 2.05) is 25.3 Å². The topological polar surface area (TPSA) is 84.8 Å². The van der Waals surface area contributed by atoms with Crippen molar-refractivity contribution in [2.24, 2.45) is 0 Å². The van der Waals surface area contributed by atoms with E-state index in [2.05, 4.69) is 4.98 Å². The smallest absolute Gasteiger partial charge is 0.263 e. The van der Waals surface area contributed by atoms with Crippen molar-refractivity contribution in [3.63, 3.8) is 0 Å². The summed E-state index contributed by atoms with van der Waals surface area (Å²) in [4.78, 5) is 48.1. The average Bonchev–Trinajstić information content (AvgIpc) is 3.39. The van der Waals surface area contributed by atoms with Crippen LogP contribution in [-0.4, -0.2) is 31.9 Å². The summed E-state index contributed by atoms with van der Waals surface area (Å²) in [6.45, 7) is 9.11. The van der Waals surface area contributed by atoms with Crippen LogP contribution in [0.3, 0.4) is 0 Å². The molecule has 164 valence electrons. The highest BCUT2D eigenvalue weighted by Crippen LogP contribution is 2.35. The Labute approximate surface area is 189 Å². The van der Waals surface area contributed by atoms with E-state index >= 15 is 0 Å². The van der Waals surface area contributed by atoms with Crippen molar-refractivity contribution in [3.05, 3.63) is 43.3 Å². The second kappa shape index (κ2) is 8.39. The van der Waals surface area contributed by atoms with Gasteiger partial charge in [0, 0.05) is 22.2 Å². The zero-order chi connectivity index (χ0) is 22.4. The Bertz CT molecular complexity index is 1260. The first kappa shape index (κ1) is 22.0. The zero-order valence-corrected chi connectivity index (χ0v) is 20.2.